The smallest absolute Gasteiger partial charge is 0.0591 e. The van der Waals surface area contributed by atoms with Gasteiger partial charge < -0.3 is 10.1 Å². The van der Waals surface area contributed by atoms with E-state index in [1.165, 1.54) is 20.1 Å². The normalized spacial score (nSPS) is 11.2. The highest BCUT2D eigenvalue weighted by Gasteiger charge is 2.06. The molecule has 0 fully saturated rings. The van der Waals surface area contributed by atoms with Gasteiger partial charge in [-0.1, -0.05) is 19.1 Å². The monoisotopic (exact) mass is 327 g/mol. The molecule has 0 aliphatic carbocycles. The van der Waals surface area contributed by atoms with Crippen LogP contribution in [0.4, 0.5) is 0 Å². The Morgan fingerprint density at radius 1 is 1.33 bits per heavy atom. The summed E-state index contributed by atoms with van der Waals surface area (Å²) in [7, 11) is 0. The van der Waals surface area contributed by atoms with E-state index in [0.717, 1.165) is 32.7 Å². The minimum Gasteiger partial charge on any atom is -0.380 e. The molecule has 1 aromatic carbocycles. The molecule has 0 aliphatic rings. The van der Waals surface area contributed by atoms with Crippen molar-refractivity contribution in [2.75, 3.05) is 26.3 Å². The number of likely N-dealkylation sites (N-methyl/N-ethyl adjacent to an activating group) is 1. The lowest BCUT2D eigenvalue weighted by atomic mass is 10.1. The van der Waals surface area contributed by atoms with Crippen LogP contribution in [0.5, 0.6) is 0 Å². The van der Waals surface area contributed by atoms with Gasteiger partial charge >= 0.3 is 0 Å². The number of ether oxygens (including phenoxy) is 1. The van der Waals surface area contributed by atoms with Crippen LogP contribution >= 0.6 is 27.3 Å². The van der Waals surface area contributed by atoms with Crippen molar-refractivity contribution in [1.29, 1.82) is 0 Å². The highest BCUT2D eigenvalue weighted by molar-refractivity contribution is 9.10. The SMILES string of the molecule is CCNCCOCCc1csc2c(Br)cccc12. The number of halogens is 1. The summed E-state index contributed by atoms with van der Waals surface area (Å²) in [6.07, 6.45) is 0.989. The molecular formula is C14H18BrNOS. The highest BCUT2D eigenvalue weighted by atomic mass is 79.9. The maximum Gasteiger partial charge on any atom is 0.0591 e. The summed E-state index contributed by atoms with van der Waals surface area (Å²) in [5, 5.41) is 6.84. The second-order valence-corrected chi connectivity index (χ2v) is 5.83. The minimum atomic E-state index is 0.791. The van der Waals surface area contributed by atoms with Crippen molar-refractivity contribution in [3.8, 4) is 0 Å². The van der Waals surface area contributed by atoms with E-state index >= 15 is 0 Å². The van der Waals surface area contributed by atoms with Gasteiger partial charge in [0.1, 0.15) is 0 Å². The van der Waals surface area contributed by atoms with Crippen LogP contribution in [0.3, 0.4) is 0 Å². The van der Waals surface area contributed by atoms with Crippen molar-refractivity contribution in [3.05, 3.63) is 33.6 Å². The minimum absolute atomic E-state index is 0.791. The largest absolute Gasteiger partial charge is 0.380 e. The first-order valence-corrected chi connectivity index (χ1v) is 7.93. The molecule has 0 radical (unpaired) electrons. The third kappa shape index (κ3) is 3.54. The van der Waals surface area contributed by atoms with E-state index in [4.69, 9.17) is 4.74 Å². The molecule has 18 heavy (non-hydrogen) atoms. The van der Waals surface area contributed by atoms with Crippen LogP contribution in [-0.2, 0) is 11.2 Å². The van der Waals surface area contributed by atoms with E-state index in [1.807, 2.05) is 0 Å². The van der Waals surface area contributed by atoms with Crippen LogP contribution in [0.15, 0.2) is 28.1 Å². The molecule has 2 nitrogen and oxygen atoms in total. The number of benzene rings is 1. The van der Waals surface area contributed by atoms with E-state index in [-0.39, 0.29) is 0 Å². The van der Waals surface area contributed by atoms with Gasteiger partial charge in [0.2, 0.25) is 0 Å². The number of nitrogens with one attached hydrogen (secondary N) is 1. The predicted octanol–water partition coefficient (Wildman–Crippen LogP) is 3.83. The van der Waals surface area contributed by atoms with Gasteiger partial charge in [0.25, 0.3) is 0 Å². The number of fused-ring (bicyclic) bond motifs is 1. The summed E-state index contributed by atoms with van der Waals surface area (Å²) < 4.78 is 8.14. The fourth-order valence-corrected chi connectivity index (χ4v) is 3.53. The second-order valence-electron chi connectivity index (χ2n) is 4.09. The first kappa shape index (κ1) is 14.0. The van der Waals surface area contributed by atoms with Crippen LogP contribution in [0.25, 0.3) is 10.1 Å². The van der Waals surface area contributed by atoms with Gasteiger partial charge in [-0.2, -0.15) is 0 Å². The Morgan fingerprint density at radius 2 is 2.22 bits per heavy atom. The predicted molar refractivity (Wildman–Crippen MR) is 82.6 cm³/mol. The Hall–Kier alpha value is -0.420. The summed E-state index contributed by atoms with van der Waals surface area (Å²) in [5.74, 6) is 0. The van der Waals surface area contributed by atoms with Crippen molar-refractivity contribution >= 4 is 37.4 Å². The van der Waals surface area contributed by atoms with Crippen LogP contribution in [-0.4, -0.2) is 26.3 Å². The molecule has 0 aliphatic heterocycles. The average Bonchev–Trinajstić information content (AvgIpc) is 2.79. The van der Waals surface area contributed by atoms with Crippen molar-refractivity contribution in [3.63, 3.8) is 0 Å². The topological polar surface area (TPSA) is 21.3 Å². The summed E-state index contributed by atoms with van der Waals surface area (Å²) in [6, 6.07) is 6.37. The van der Waals surface area contributed by atoms with Gasteiger partial charge in [0.05, 0.1) is 13.2 Å². The molecule has 0 unspecified atom stereocenters. The van der Waals surface area contributed by atoms with Crippen molar-refractivity contribution < 1.29 is 4.74 Å². The van der Waals surface area contributed by atoms with E-state index in [2.05, 4.69) is 51.7 Å². The lowest BCUT2D eigenvalue weighted by molar-refractivity contribution is 0.139. The van der Waals surface area contributed by atoms with Crippen LogP contribution in [0, 0.1) is 0 Å². The van der Waals surface area contributed by atoms with Gasteiger partial charge in [-0.3, -0.25) is 0 Å². The first-order valence-electron chi connectivity index (χ1n) is 6.26. The molecule has 2 rings (SSSR count). The molecule has 2 aromatic rings. The molecule has 0 saturated carbocycles. The molecule has 1 aromatic heterocycles. The fourth-order valence-electron chi connectivity index (χ4n) is 1.87. The summed E-state index contributed by atoms with van der Waals surface area (Å²) in [4.78, 5) is 0. The Kier molecular flexibility index (Phi) is 5.63. The maximum absolute atomic E-state index is 5.62. The Bertz CT molecular complexity index is 497. The van der Waals surface area contributed by atoms with Gasteiger partial charge in [0.15, 0.2) is 0 Å². The van der Waals surface area contributed by atoms with Crippen molar-refractivity contribution in [1.82, 2.24) is 5.32 Å². The molecular weight excluding hydrogens is 310 g/mol. The molecule has 0 saturated heterocycles. The Balaban J connectivity index is 1.86. The summed E-state index contributed by atoms with van der Waals surface area (Å²) >= 11 is 5.39. The van der Waals surface area contributed by atoms with E-state index in [0.29, 0.717) is 0 Å². The van der Waals surface area contributed by atoms with Crippen LogP contribution in [0.1, 0.15) is 12.5 Å². The lowest BCUT2D eigenvalue weighted by Gasteiger charge is -2.04. The highest BCUT2D eigenvalue weighted by Crippen LogP contribution is 2.32. The molecule has 4 heteroatoms. The first-order chi connectivity index (χ1) is 8.83. The molecule has 98 valence electrons. The number of rotatable bonds is 7. The van der Waals surface area contributed by atoms with E-state index in [1.54, 1.807) is 11.3 Å². The zero-order chi connectivity index (χ0) is 12.8. The number of thiophene rings is 1. The standard InChI is InChI=1S/C14H18BrNOS/c1-2-16-7-9-17-8-6-11-10-18-14-12(11)4-3-5-13(14)15/h3-5,10,16H,2,6-9H2,1H3. The third-order valence-corrected chi connectivity index (χ3v) is 4.82. The molecule has 0 amide bonds. The third-order valence-electron chi connectivity index (χ3n) is 2.82. The van der Waals surface area contributed by atoms with Gasteiger partial charge in [0, 0.05) is 15.7 Å². The van der Waals surface area contributed by atoms with Gasteiger partial charge in [-0.25, -0.2) is 0 Å². The molecule has 1 N–H and O–H groups in total. The Morgan fingerprint density at radius 3 is 3.06 bits per heavy atom. The molecule has 1 heterocycles. The summed E-state index contributed by atoms with van der Waals surface area (Å²) in [6.45, 7) is 5.64. The maximum atomic E-state index is 5.62. The van der Waals surface area contributed by atoms with Crippen LogP contribution in [0.2, 0.25) is 0 Å². The molecule has 0 spiro atoms. The summed E-state index contributed by atoms with van der Waals surface area (Å²) in [5.41, 5.74) is 1.39. The zero-order valence-electron chi connectivity index (χ0n) is 10.5. The van der Waals surface area contributed by atoms with Crippen LogP contribution < -0.4 is 5.32 Å². The average molecular weight is 328 g/mol. The Labute approximate surface area is 120 Å². The van der Waals surface area contributed by atoms with Crippen molar-refractivity contribution in [2.45, 2.75) is 13.3 Å². The van der Waals surface area contributed by atoms with E-state index in [9.17, 15) is 0 Å². The van der Waals surface area contributed by atoms with Gasteiger partial charge in [-0.15, -0.1) is 11.3 Å². The van der Waals surface area contributed by atoms with Gasteiger partial charge in [-0.05, 0) is 51.3 Å². The second kappa shape index (κ2) is 7.24. The molecule has 0 bridgehead atoms. The zero-order valence-corrected chi connectivity index (χ0v) is 12.9. The van der Waals surface area contributed by atoms with Crippen molar-refractivity contribution in [2.24, 2.45) is 0 Å². The number of hydrogen-bond acceptors (Lipinski definition) is 3. The lowest BCUT2D eigenvalue weighted by Crippen LogP contribution is -2.19. The fraction of sp³-hybridized carbons (Fsp3) is 0.429. The molecule has 0 atom stereocenters. The van der Waals surface area contributed by atoms with E-state index < -0.39 is 0 Å². The quantitative estimate of drug-likeness (QED) is 0.780. The number of hydrogen-bond donors (Lipinski definition) is 1.